The second kappa shape index (κ2) is 31.5. The minimum atomic E-state index is -0.403. The molecule has 576 valence electrons. The molecule has 0 fully saturated rings. The number of hydrogen-bond donors (Lipinski definition) is 5. The lowest BCUT2D eigenvalue weighted by Gasteiger charge is -2.05. The first-order valence-electron chi connectivity index (χ1n) is 35.5. The van der Waals surface area contributed by atoms with Crippen LogP contribution < -0.4 is 57.1 Å². The second-order valence-corrected chi connectivity index (χ2v) is 28.1. The fourth-order valence-corrected chi connectivity index (χ4v) is 14.2. The molecule has 116 heavy (non-hydrogen) atoms. The van der Waals surface area contributed by atoms with Crippen molar-refractivity contribution in [2.75, 3.05) is 28.7 Å². The zero-order chi connectivity index (χ0) is 80.7. The number of nitrogens with zero attached hydrogens (tertiary/aromatic N) is 20. The number of para-hydroxylation sites is 5. The van der Waals surface area contributed by atoms with Crippen LogP contribution in [0.15, 0.2) is 261 Å². The van der Waals surface area contributed by atoms with Gasteiger partial charge in [-0.2, -0.15) is 0 Å². The molecule has 0 aliphatic rings. The van der Waals surface area contributed by atoms with E-state index in [0.717, 1.165) is 54.7 Å². The molecule has 35 heteroatoms. The maximum atomic E-state index is 13.3. The largest absolute Gasteiger partial charge is 0.369 e. The summed E-state index contributed by atoms with van der Waals surface area (Å²) in [4.78, 5) is 84.3. The summed E-state index contributed by atoms with van der Waals surface area (Å²) in [6.45, 7) is 3.21. The van der Waals surface area contributed by atoms with Gasteiger partial charge in [0.2, 0.25) is 29.7 Å². The molecule has 30 nitrogen and oxygen atoms in total. The van der Waals surface area contributed by atoms with E-state index in [1.165, 1.54) is 57.5 Å². The molecule has 10 heterocycles. The molecule has 10 N–H and O–H groups in total. The Morgan fingerprint density at radius 1 is 0.310 bits per heavy atom. The van der Waals surface area contributed by atoms with Crippen LogP contribution in [0.3, 0.4) is 0 Å². The molecule has 20 rings (SSSR count). The van der Waals surface area contributed by atoms with E-state index in [-0.39, 0.29) is 72.3 Å². The average Bonchev–Trinajstić information content (AvgIpc) is 1.62. The van der Waals surface area contributed by atoms with Crippen molar-refractivity contribution in [2.45, 2.75) is 39.6 Å². The zero-order valence-corrected chi connectivity index (χ0v) is 63.8. The molecule has 0 aliphatic heterocycles. The van der Waals surface area contributed by atoms with Gasteiger partial charge in [0.05, 0.1) is 60.3 Å². The van der Waals surface area contributed by atoms with E-state index in [9.17, 15) is 28.4 Å². The maximum absolute atomic E-state index is 13.3. The van der Waals surface area contributed by atoms with Gasteiger partial charge in [0.15, 0.2) is 28.2 Å². The van der Waals surface area contributed by atoms with Gasteiger partial charge in [0.1, 0.15) is 5.82 Å². The molecule has 0 amide bonds. The lowest BCUT2D eigenvalue weighted by Crippen LogP contribution is -2.23. The van der Waals surface area contributed by atoms with Crippen LogP contribution in [0.1, 0.15) is 33.4 Å². The molecule has 0 saturated heterocycles. The Labute approximate surface area is 671 Å². The van der Waals surface area contributed by atoms with E-state index in [1.54, 1.807) is 42.5 Å². The molecule has 0 bridgehead atoms. The van der Waals surface area contributed by atoms with Crippen LogP contribution in [-0.2, 0) is 32.7 Å². The van der Waals surface area contributed by atoms with E-state index < -0.39 is 11.4 Å². The number of aromatic nitrogens is 20. The lowest BCUT2D eigenvalue weighted by atomic mass is 10.1. The van der Waals surface area contributed by atoms with Crippen molar-refractivity contribution in [1.82, 2.24) is 95.8 Å². The van der Waals surface area contributed by atoms with Crippen molar-refractivity contribution < 1.29 is 4.39 Å². The van der Waals surface area contributed by atoms with Crippen molar-refractivity contribution in [2.24, 2.45) is 0 Å². The first-order valence-corrected chi connectivity index (χ1v) is 37.0. The fraction of sp³-hybridized carbons (Fsp3) is 0.0741. The summed E-state index contributed by atoms with van der Waals surface area (Å²) in [6.07, 6.45) is 0. The number of anilines is 5. The first-order chi connectivity index (χ1) is 56.1. The number of nitrogen functional groups attached to an aromatic ring is 5. The van der Waals surface area contributed by atoms with Crippen LogP contribution in [0.4, 0.5) is 34.1 Å². The monoisotopic (exact) mass is 1620 g/mol. The van der Waals surface area contributed by atoms with E-state index in [4.69, 9.17) is 75.1 Å². The van der Waals surface area contributed by atoms with Gasteiger partial charge in [-0.1, -0.05) is 186 Å². The number of benzene rings is 10. The number of rotatable bonds is 10. The zero-order valence-electron chi connectivity index (χ0n) is 60.8. The maximum Gasteiger partial charge on any atom is 0.353 e. The van der Waals surface area contributed by atoms with Crippen molar-refractivity contribution >= 4 is 159 Å². The molecule has 0 spiro atoms. The predicted molar refractivity (Wildman–Crippen MR) is 448 cm³/mol. The summed E-state index contributed by atoms with van der Waals surface area (Å²) >= 11 is 24.7. The Morgan fingerprint density at radius 2 is 0.603 bits per heavy atom. The molecule has 0 radical (unpaired) electrons. The lowest BCUT2D eigenvalue weighted by molar-refractivity contribution is 0.615. The van der Waals surface area contributed by atoms with Gasteiger partial charge < -0.3 is 28.7 Å². The number of nitrogens with two attached hydrogens (primary N) is 5. The highest BCUT2D eigenvalue weighted by Gasteiger charge is 2.22. The number of aryl methyl sites for hydroxylation is 1. The van der Waals surface area contributed by atoms with Crippen LogP contribution in [0, 0.1) is 12.7 Å². The average molecular weight is 1630 g/mol. The summed E-state index contributed by atoms with van der Waals surface area (Å²) in [5.74, 6) is 0.208. The van der Waals surface area contributed by atoms with Crippen molar-refractivity contribution in [3.05, 3.63) is 348 Å². The molecule has 10 aromatic carbocycles. The van der Waals surface area contributed by atoms with Crippen LogP contribution in [-0.4, -0.2) is 95.8 Å². The fourth-order valence-electron chi connectivity index (χ4n) is 13.3. The van der Waals surface area contributed by atoms with Gasteiger partial charge >= 0.3 is 28.4 Å². The summed E-state index contributed by atoms with van der Waals surface area (Å²) in [7, 11) is 0. The van der Waals surface area contributed by atoms with Crippen molar-refractivity contribution in [3.63, 3.8) is 0 Å². The van der Waals surface area contributed by atoms with Crippen LogP contribution in [0.25, 0.3) is 82.8 Å². The highest BCUT2D eigenvalue weighted by molar-refractivity contribution is 6.36. The molecule has 0 aliphatic carbocycles. The topological polar surface area (TPSA) is 391 Å². The Kier molecular flexibility index (Phi) is 20.5. The van der Waals surface area contributed by atoms with Gasteiger partial charge in [-0.25, -0.2) is 98.7 Å². The van der Waals surface area contributed by atoms with E-state index in [2.05, 4.69) is 50.4 Å². The summed E-state index contributed by atoms with van der Waals surface area (Å²) in [5.41, 5.74) is 38.8. The Hall–Kier alpha value is -14.7. The third-order valence-electron chi connectivity index (χ3n) is 18.8. The number of hydrogen-bond acceptors (Lipinski definition) is 20. The van der Waals surface area contributed by atoms with E-state index >= 15 is 0 Å². The Balaban J connectivity index is 0.000000109. The van der Waals surface area contributed by atoms with Crippen molar-refractivity contribution in [3.8, 4) is 0 Å². The number of fused-ring (bicyclic) bond motifs is 15. The molecule has 10 aromatic heterocycles. The van der Waals surface area contributed by atoms with Gasteiger partial charge in [-0.05, 0) is 132 Å². The minimum Gasteiger partial charge on any atom is -0.369 e. The van der Waals surface area contributed by atoms with Gasteiger partial charge in [0, 0.05) is 52.6 Å². The third kappa shape index (κ3) is 14.6. The van der Waals surface area contributed by atoms with Gasteiger partial charge in [0.25, 0.3) is 0 Å². The smallest absolute Gasteiger partial charge is 0.353 e. The quantitative estimate of drug-likeness (QED) is 0.0849. The minimum absolute atomic E-state index is 0.0780. The van der Waals surface area contributed by atoms with Gasteiger partial charge in [-0.3, -0.25) is 0 Å². The van der Waals surface area contributed by atoms with Crippen molar-refractivity contribution in [1.29, 1.82) is 0 Å². The van der Waals surface area contributed by atoms with Crippen LogP contribution in [0.2, 0.25) is 20.1 Å². The van der Waals surface area contributed by atoms with E-state index in [0.29, 0.717) is 94.6 Å². The Bertz CT molecular complexity index is 7400. The predicted octanol–water partition coefficient (Wildman–Crippen LogP) is 11.4. The molecule has 0 atom stereocenters. The standard InChI is InChI=1S/C17H14ClN5O.C16H11Cl2N5O.C16H12ClN5O.C16H12FN5O.C16H13N5O/c1-10-5-4-6-11(14(10)18)9-22-17(24)23-15(21-22)12-7-2-3-8-13(12)20-16(23)19;17-11-5-3-6-12(18)10(11)8-22-16(24)23-14(21-22)9-4-1-2-7-13(9)20-15(23)19;2*17-11-5-3-4-10(8-11)9-21-16(23)22-14(20-21)12-6-1-2-7-13(12)19-15(22)18;17-15-18-13-9-5-4-8-12(13)14-19-20(16(22)21(14)15)10-11-6-2-1-3-7-11/h2-8H,9H2,1H3,(H2,19,20);1-7H,8H2,(H2,19,20);2*1-8H,9H2,(H2,18,19);1-9H,10H2,(H2,17,18). The first kappa shape index (κ1) is 75.4. The molecular weight excluding hydrogens is 1560 g/mol. The molecule has 20 aromatic rings. The number of halogens is 5. The second-order valence-electron chi connectivity index (χ2n) is 26.4. The summed E-state index contributed by atoms with van der Waals surface area (Å²) < 4.78 is 26.5. The van der Waals surface area contributed by atoms with Crippen LogP contribution >= 0.6 is 46.4 Å². The third-order valence-corrected chi connectivity index (χ3v) is 20.3. The highest BCUT2D eigenvalue weighted by atomic mass is 35.5. The van der Waals surface area contributed by atoms with E-state index in [1.807, 2.05) is 189 Å². The normalized spacial score (nSPS) is 11.4. The molecular formula is C81H62Cl4FN25O5. The highest BCUT2D eigenvalue weighted by Crippen LogP contribution is 2.28. The molecule has 0 saturated carbocycles. The summed E-state index contributed by atoms with van der Waals surface area (Å²) in [5, 5.41) is 28.1. The Morgan fingerprint density at radius 3 is 0.966 bits per heavy atom. The van der Waals surface area contributed by atoms with Gasteiger partial charge in [-0.15, -0.1) is 25.5 Å². The van der Waals surface area contributed by atoms with Crippen LogP contribution in [0.5, 0.6) is 0 Å². The molecule has 0 unspecified atom stereocenters. The SMILES string of the molecule is Cc1cccc(Cn2nc3c4ccccc4nc(N)n3c2=O)c1Cl.Nc1nc2ccccc2c2nn(Cc3c(Cl)cccc3Cl)c(=O)n12.Nc1nc2ccccc2c2nn(Cc3cccc(Cl)c3)c(=O)n12.Nc1nc2ccccc2c2nn(Cc3cccc(F)c3)c(=O)n12.Nc1nc2ccccc2c2nn(Cc3ccccc3)c(=O)n12. The summed E-state index contributed by atoms with van der Waals surface area (Å²) in [6, 6.07) is 71.1.